The van der Waals surface area contributed by atoms with Crippen molar-refractivity contribution in [2.45, 2.75) is 37.4 Å². The van der Waals surface area contributed by atoms with Gasteiger partial charge in [0, 0.05) is 50.5 Å². The van der Waals surface area contributed by atoms with Gasteiger partial charge in [0.1, 0.15) is 0 Å². The van der Waals surface area contributed by atoms with E-state index < -0.39 is 0 Å². The minimum absolute atomic E-state index is 0.0850. The van der Waals surface area contributed by atoms with Crippen LogP contribution in [0.3, 0.4) is 0 Å². The summed E-state index contributed by atoms with van der Waals surface area (Å²) >= 11 is 0. The Morgan fingerprint density at radius 2 is 2.04 bits per heavy atom. The first-order valence-electron chi connectivity index (χ1n) is 9.26. The van der Waals surface area contributed by atoms with Crippen molar-refractivity contribution < 1.29 is 14.3 Å². The molecule has 0 bridgehead atoms. The fraction of sp³-hybridized carbons (Fsp3) is 0.500. The van der Waals surface area contributed by atoms with Crippen LogP contribution < -0.4 is 0 Å². The SMILES string of the molecule is COC1CCCOC12CCN(C(=O)c1ccc(-n3ccnc3)cc1)CC2. The monoisotopic (exact) mass is 355 g/mol. The molecule has 2 aliphatic rings. The molecule has 0 aliphatic carbocycles. The highest BCUT2D eigenvalue weighted by Gasteiger charge is 2.45. The lowest BCUT2D eigenvalue weighted by Crippen LogP contribution is -2.56. The van der Waals surface area contributed by atoms with Crippen LogP contribution in [0, 0.1) is 0 Å². The molecule has 6 heteroatoms. The summed E-state index contributed by atoms with van der Waals surface area (Å²) in [6.45, 7) is 2.22. The van der Waals surface area contributed by atoms with Crippen molar-refractivity contribution in [3.63, 3.8) is 0 Å². The van der Waals surface area contributed by atoms with E-state index in [0.29, 0.717) is 13.1 Å². The number of aromatic nitrogens is 2. The number of benzene rings is 1. The number of imidazole rings is 1. The molecule has 0 radical (unpaired) electrons. The average Bonchev–Trinajstić information content (AvgIpc) is 3.23. The quantitative estimate of drug-likeness (QED) is 0.849. The number of ether oxygens (including phenoxy) is 2. The molecule has 0 N–H and O–H groups in total. The predicted octanol–water partition coefficient (Wildman–Crippen LogP) is 2.67. The Bertz CT molecular complexity index is 734. The summed E-state index contributed by atoms with van der Waals surface area (Å²) in [4.78, 5) is 18.8. The third-order valence-electron chi connectivity index (χ3n) is 5.69. The van der Waals surface area contributed by atoms with Gasteiger partial charge in [-0.15, -0.1) is 0 Å². The largest absolute Gasteiger partial charge is 0.378 e. The van der Waals surface area contributed by atoms with Gasteiger partial charge in [-0.05, 0) is 49.9 Å². The molecule has 2 aromatic rings. The van der Waals surface area contributed by atoms with Gasteiger partial charge in [0.05, 0.1) is 18.0 Å². The number of nitrogens with zero attached hydrogens (tertiary/aromatic N) is 3. The molecule has 3 heterocycles. The van der Waals surface area contributed by atoms with E-state index in [2.05, 4.69) is 4.98 Å². The van der Waals surface area contributed by atoms with E-state index in [0.717, 1.165) is 43.5 Å². The number of hydrogen-bond donors (Lipinski definition) is 0. The van der Waals surface area contributed by atoms with Gasteiger partial charge in [0.25, 0.3) is 5.91 Å². The van der Waals surface area contributed by atoms with Crippen molar-refractivity contribution in [3.05, 3.63) is 48.5 Å². The molecule has 2 aliphatic heterocycles. The van der Waals surface area contributed by atoms with Gasteiger partial charge in [-0.3, -0.25) is 4.79 Å². The zero-order chi connectivity index (χ0) is 18.0. The first-order chi connectivity index (χ1) is 12.7. The van der Waals surface area contributed by atoms with Gasteiger partial charge >= 0.3 is 0 Å². The molecule has 26 heavy (non-hydrogen) atoms. The van der Waals surface area contributed by atoms with E-state index in [4.69, 9.17) is 9.47 Å². The molecule has 1 amide bonds. The number of methoxy groups -OCH3 is 1. The Hall–Kier alpha value is -2.18. The fourth-order valence-electron chi connectivity index (χ4n) is 4.16. The summed E-state index contributed by atoms with van der Waals surface area (Å²) < 4.78 is 13.7. The molecule has 2 fully saturated rings. The van der Waals surface area contributed by atoms with Crippen molar-refractivity contribution in [1.82, 2.24) is 14.5 Å². The van der Waals surface area contributed by atoms with Crippen LogP contribution in [-0.2, 0) is 9.47 Å². The Labute approximate surface area is 153 Å². The normalized spacial score (nSPS) is 22.5. The summed E-state index contributed by atoms with van der Waals surface area (Å²) in [5.74, 6) is 0.0850. The standard InChI is InChI=1S/C20H25N3O3/c1-25-18-3-2-14-26-20(18)8-11-22(12-9-20)19(24)16-4-6-17(7-5-16)23-13-10-21-15-23/h4-7,10,13,15,18H,2-3,8-9,11-12,14H2,1H3. The van der Waals surface area contributed by atoms with E-state index in [1.807, 2.05) is 39.9 Å². The van der Waals surface area contributed by atoms with Crippen LogP contribution in [0.5, 0.6) is 0 Å². The number of hydrogen-bond acceptors (Lipinski definition) is 4. The van der Waals surface area contributed by atoms with E-state index >= 15 is 0 Å². The lowest BCUT2D eigenvalue weighted by molar-refractivity contribution is -0.183. The van der Waals surface area contributed by atoms with Crippen molar-refractivity contribution >= 4 is 5.91 Å². The second kappa shape index (κ2) is 7.21. The fourth-order valence-corrected chi connectivity index (χ4v) is 4.16. The number of likely N-dealkylation sites (tertiary alicyclic amines) is 1. The van der Waals surface area contributed by atoms with E-state index in [1.165, 1.54) is 0 Å². The number of amides is 1. The number of carbonyl (C=O) groups is 1. The molecular formula is C20H25N3O3. The lowest BCUT2D eigenvalue weighted by atomic mass is 9.81. The summed E-state index contributed by atoms with van der Waals surface area (Å²) in [5.41, 5.74) is 1.50. The maximum atomic E-state index is 12.9. The van der Waals surface area contributed by atoms with Gasteiger partial charge in [0.15, 0.2) is 0 Å². The maximum Gasteiger partial charge on any atom is 0.253 e. The van der Waals surface area contributed by atoms with Crippen LogP contribution in [-0.4, -0.2) is 58.9 Å². The zero-order valence-electron chi connectivity index (χ0n) is 15.1. The van der Waals surface area contributed by atoms with Crippen LogP contribution in [0.2, 0.25) is 0 Å². The Morgan fingerprint density at radius 1 is 1.27 bits per heavy atom. The number of rotatable bonds is 3. The topological polar surface area (TPSA) is 56.6 Å². The van der Waals surface area contributed by atoms with Gasteiger partial charge < -0.3 is 18.9 Å². The van der Waals surface area contributed by atoms with Gasteiger partial charge in [-0.25, -0.2) is 4.98 Å². The van der Waals surface area contributed by atoms with E-state index in [9.17, 15) is 4.79 Å². The first-order valence-corrected chi connectivity index (χ1v) is 9.26. The summed E-state index contributed by atoms with van der Waals surface area (Å²) in [7, 11) is 1.76. The van der Waals surface area contributed by atoms with Crippen LogP contribution in [0.15, 0.2) is 43.0 Å². The Morgan fingerprint density at radius 3 is 2.69 bits per heavy atom. The predicted molar refractivity (Wildman–Crippen MR) is 97.4 cm³/mol. The Balaban J connectivity index is 1.42. The molecule has 1 aromatic carbocycles. The second-order valence-electron chi connectivity index (χ2n) is 7.09. The Kier molecular flexibility index (Phi) is 4.78. The third kappa shape index (κ3) is 3.15. The summed E-state index contributed by atoms with van der Waals surface area (Å²) in [6, 6.07) is 7.67. The third-order valence-corrected chi connectivity index (χ3v) is 5.69. The van der Waals surface area contributed by atoms with Crippen molar-refractivity contribution in [3.8, 4) is 5.69 Å². The van der Waals surface area contributed by atoms with E-state index in [-0.39, 0.29) is 17.6 Å². The molecule has 0 saturated carbocycles. The minimum Gasteiger partial charge on any atom is -0.378 e. The molecule has 1 atom stereocenters. The van der Waals surface area contributed by atoms with Crippen molar-refractivity contribution in [2.75, 3.05) is 26.8 Å². The number of carbonyl (C=O) groups excluding carboxylic acids is 1. The van der Waals surface area contributed by atoms with Crippen LogP contribution in [0.25, 0.3) is 5.69 Å². The molecule has 2 saturated heterocycles. The first kappa shape index (κ1) is 17.2. The van der Waals surface area contributed by atoms with Crippen LogP contribution >= 0.6 is 0 Å². The molecule has 1 aromatic heterocycles. The summed E-state index contributed by atoms with van der Waals surface area (Å²) in [6.07, 6.45) is 9.28. The molecule has 1 unspecified atom stereocenters. The lowest BCUT2D eigenvalue weighted by Gasteiger charge is -2.48. The molecule has 138 valence electrons. The second-order valence-corrected chi connectivity index (χ2v) is 7.09. The molecular weight excluding hydrogens is 330 g/mol. The highest BCUT2D eigenvalue weighted by atomic mass is 16.5. The highest BCUT2D eigenvalue weighted by molar-refractivity contribution is 5.94. The van der Waals surface area contributed by atoms with Crippen molar-refractivity contribution in [1.29, 1.82) is 0 Å². The van der Waals surface area contributed by atoms with Crippen LogP contribution in [0.4, 0.5) is 0 Å². The van der Waals surface area contributed by atoms with Gasteiger partial charge in [0.2, 0.25) is 0 Å². The molecule has 6 nitrogen and oxygen atoms in total. The van der Waals surface area contributed by atoms with Gasteiger partial charge in [-0.1, -0.05) is 0 Å². The minimum atomic E-state index is -0.213. The van der Waals surface area contributed by atoms with Crippen molar-refractivity contribution in [2.24, 2.45) is 0 Å². The molecule has 4 rings (SSSR count). The smallest absolute Gasteiger partial charge is 0.253 e. The molecule has 1 spiro atoms. The maximum absolute atomic E-state index is 12.9. The highest BCUT2D eigenvalue weighted by Crippen LogP contribution is 2.37. The summed E-state index contributed by atoms with van der Waals surface area (Å²) in [5, 5.41) is 0. The van der Waals surface area contributed by atoms with Gasteiger partial charge in [-0.2, -0.15) is 0 Å². The zero-order valence-corrected chi connectivity index (χ0v) is 15.1. The van der Waals surface area contributed by atoms with E-state index in [1.54, 1.807) is 19.6 Å². The van der Waals surface area contributed by atoms with Crippen LogP contribution in [0.1, 0.15) is 36.0 Å². The average molecular weight is 355 g/mol. The number of piperidine rings is 1.